The van der Waals surface area contributed by atoms with Crippen LogP contribution in [-0.4, -0.2) is 8.07 Å². The Labute approximate surface area is 142 Å². The molecule has 0 bridgehead atoms. The van der Waals surface area contributed by atoms with Crippen LogP contribution in [0.1, 0.15) is 0 Å². The largest absolute Gasteiger partial charge is 0.204 e. The van der Waals surface area contributed by atoms with E-state index < -0.39 is 42.3 Å². The fourth-order valence-corrected chi connectivity index (χ4v) is 6.77. The van der Waals surface area contributed by atoms with Crippen molar-refractivity contribution < 1.29 is 22.0 Å². The number of benzene rings is 3. The Bertz CT molecular complexity index is 842. The van der Waals surface area contributed by atoms with Crippen LogP contribution in [0.3, 0.4) is 0 Å². The fourth-order valence-electron chi connectivity index (χ4n) is 3.04. The highest BCUT2D eigenvalue weighted by Crippen LogP contribution is 2.20. The molecule has 0 saturated heterocycles. The summed E-state index contributed by atoms with van der Waals surface area (Å²) in [5, 5.41) is 0.357. The first kappa shape index (κ1) is 17.4. The molecular formula is C19H13F5Si. The molecule has 0 aliphatic rings. The minimum atomic E-state index is -3.45. The van der Waals surface area contributed by atoms with Gasteiger partial charge in [-0.1, -0.05) is 67.2 Å². The van der Waals surface area contributed by atoms with Crippen LogP contribution in [0.5, 0.6) is 0 Å². The molecule has 0 atom stereocenters. The Morgan fingerprint density at radius 1 is 0.520 bits per heavy atom. The molecule has 25 heavy (non-hydrogen) atoms. The number of hydrogen-bond donors (Lipinski definition) is 0. The normalized spacial score (nSPS) is 11.6. The summed E-state index contributed by atoms with van der Waals surface area (Å²) in [5.41, 5.74) is 0. The van der Waals surface area contributed by atoms with Crippen molar-refractivity contribution in [3.05, 3.63) is 89.7 Å². The van der Waals surface area contributed by atoms with Crippen molar-refractivity contribution in [2.75, 3.05) is 0 Å². The van der Waals surface area contributed by atoms with E-state index >= 15 is 0 Å². The van der Waals surface area contributed by atoms with Crippen molar-refractivity contribution in [1.82, 2.24) is 0 Å². The fraction of sp³-hybridized carbons (Fsp3) is 0.0526. The minimum absolute atomic E-state index is 0.546. The van der Waals surface area contributed by atoms with Crippen LogP contribution >= 0.6 is 0 Å². The lowest BCUT2D eigenvalue weighted by atomic mass is 10.3. The topological polar surface area (TPSA) is 0 Å². The zero-order valence-electron chi connectivity index (χ0n) is 13.2. The molecule has 0 aliphatic heterocycles. The molecule has 0 saturated carbocycles. The molecule has 0 fully saturated rings. The van der Waals surface area contributed by atoms with E-state index in [4.69, 9.17) is 0 Å². The molecule has 3 aromatic carbocycles. The summed E-state index contributed by atoms with van der Waals surface area (Å²) in [6.07, 6.45) is 0. The van der Waals surface area contributed by atoms with Crippen molar-refractivity contribution in [3.63, 3.8) is 0 Å². The van der Waals surface area contributed by atoms with Crippen LogP contribution in [0.15, 0.2) is 60.7 Å². The summed E-state index contributed by atoms with van der Waals surface area (Å²) >= 11 is 0. The molecular weight excluding hydrogens is 351 g/mol. The molecule has 0 spiro atoms. The number of rotatable bonds is 3. The van der Waals surface area contributed by atoms with Gasteiger partial charge in [0.05, 0.1) is 0 Å². The van der Waals surface area contributed by atoms with E-state index in [0.29, 0.717) is 10.4 Å². The SMILES string of the molecule is C[Si](c1ccccc1)(c1ccccc1)c1c(F)c(F)c(F)c(F)c1F. The van der Waals surface area contributed by atoms with E-state index in [1.807, 2.05) is 0 Å². The summed E-state index contributed by atoms with van der Waals surface area (Å²) in [5.74, 6) is -9.51. The minimum Gasteiger partial charge on any atom is -0.204 e. The molecule has 0 nitrogen and oxygen atoms in total. The molecule has 0 aliphatic carbocycles. The zero-order valence-corrected chi connectivity index (χ0v) is 14.2. The summed E-state index contributed by atoms with van der Waals surface area (Å²) in [7, 11) is -3.45. The molecule has 0 heterocycles. The predicted octanol–water partition coefficient (Wildman–Crippen LogP) is 3.48. The maximum Gasteiger partial charge on any atom is 0.200 e. The molecule has 3 aromatic rings. The molecule has 6 heteroatoms. The quantitative estimate of drug-likeness (QED) is 0.219. The van der Waals surface area contributed by atoms with E-state index in [9.17, 15) is 22.0 Å². The second kappa shape index (κ2) is 6.44. The standard InChI is InChI=1S/C19H13F5Si/c1-25(12-8-4-2-5-9-12,13-10-6-3-7-11-13)19-17(23)15(21)14(20)16(22)18(19)24/h2-11H,1H3. The number of halogens is 5. The van der Waals surface area contributed by atoms with E-state index in [0.717, 1.165) is 0 Å². The van der Waals surface area contributed by atoms with Gasteiger partial charge in [0.2, 0.25) is 5.82 Å². The third-order valence-electron chi connectivity index (χ3n) is 4.41. The van der Waals surface area contributed by atoms with E-state index in [1.54, 1.807) is 67.2 Å². The Morgan fingerprint density at radius 2 is 0.840 bits per heavy atom. The monoisotopic (exact) mass is 364 g/mol. The Balaban J connectivity index is 2.44. The highest BCUT2D eigenvalue weighted by Gasteiger charge is 2.42. The zero-order chi connectivity index (χ0) is 18.2. The molecule has 128 valence electrons. The van der Waals surface area contributed by atoms with Crippen LogP contribution in [0.4, 0.5) is 22.0 Å². The second-order valence-electron chi connectivity index (χ2n) is 5.80. The van der Waals surface area contributed by atoms with Crippen molar-refractivity contribution in [2.45, 2.75) is 6.55 Å². The van der Waals surface area contributed by atoms with Crippen molar-refractivity contribution in [2.24, 2.45) is 0 Å². The van der Waals surface area contributed by atoms with Gasteiger partial charge in [0.25, 0.3) is 0 Å². The van der Waals surface area contributed by atoms with Gasteiger partial charge in [0.15, 0.2) is 31.3 Å². The van der Waals surface area contributed by atoms with Crippen molar-refractivity contribution in [3.8, 4) is 0 Å². The Morgan fingerprint density at radius 3 is 1.20 bits per heavy atom. The summed E-state index contributed by atoms with van der Waals surface area (Å²) < 4.78 is 70.3. The average molecular weight is 364 g/mol. The Hall–Kier alpha value is -2.47. The van der Waals surface area contributed by atoms with Crippen LogP contribution in [0.2, 0.25) is 6.55 Å². The molecule has 0 N–H and O–H groups in total. The lowest BCUT2D eigenvalue weighted by molar-refractivity contribution is 0.384. The van der Waals surface area contributed by atoms with E-state index in [2.05, 4.69) is 0 Å². The van der Waals surface area contributed by atoms with Gasteiger partial charge < -0.3 is 0 Å². The van der Waals surface area contributed by atoms with Crippen molar-refractivity contribution in [1.29, 1.82) is 0 Å². The van der Waals surface area contributed by atoms with Gasteiger partial charge >= 0.3 is 0 Å². The van der Waals surface area contributed by atoms with Gasteiger partial charge in [0, 0.05) is 5.19 Å². The van der Waals surface area contributed by atoms with Gasteiger partial charge in [-0.2, -0.15) is 0 Å². The van der Waals surface area contributed by atoms with Crippen LogP contribution < -0.4 is 15.6 Å². The summed E-state index contributed by atoms with van der Waals surface area (Å²) in [6, 6.07) is 16.8. The lowest BCUT2D eigenvalue weighted by Gasteiger charge is -2.30. The first-order valence-corrected chi connectivity index (χ1v) is 10.0. The van der Waals surface area contributed by atoms with Gasteiger partial charge in [-0.05, 0) is 10.4 Å². The molecule has 3 rings (SSSR count). The molecule has 0 radical (unpaired) electrons. The molecule has 0 unspecified atom stereocenters. The molecule has 0 amide bonds. The van der Waals surface area contributed by atoms with E-state index in [1.165, 1.54) is 0 Å². The lowest BCUT2D eigenvalue weighted by Crippen LogP contribution is -2.67. The Kier molecular flexibility index (Phi) is 4.47. The van der Waals surface area contributed by atoms with Gasteiger partial charge in [0.1, 0.15) is 0 Å². The first-order valence-electron chi connectivity index (χ1n) is 7.52. The smallest absolute Gasteiger partial charge is 0.200 e. The van der Waals surface area contributed by atoms with Crippen LogP contribution in [0, 0.1) is 29.1 Å². The maximum atomic E-state index is 14.6. The van der Waals surface area contributed by atoms with E-state index in [-0.39, 0.29) is 0 Å². The van der Waals surface area contributed by atoms with Gasteiger partial charge in [-0.25, -0.2) is 22.0 Å². The third-order valence-corrected chi connectivity index (χ3v) is 8.83. The first-order chi connectivity index (χ1) is 11.9. The number of hydrogen-bond acceptors (Lipinski definition) is 0. The van der Waals surface area contributed by atoms with Gasteiger partial charge in [-0.15, -0.1) is 0 Å². The summed E-state index contributed by atoms with van der Waals surface area (Å²) in [4.78, 5) is 0. The second-order valence-corrected chi connectivity index (χ2v) is 9.71. The third kappa shape index (κ3) is 2.66. The van der Waals surface area contributed by atoms with Crippen LogP contribution in [0.25, 0.3) is 0 Å². The highest BCUT2D eigenvalue weighted by molar-refractivity contribution is 7.10. The summed E-state index contributed by atoms with van der Waals surface area (Å²) in [6.45, 7) is 1.58. The highest BCUT2D eigenvalue weighted by atomic mass is 28.3. The predicted molar refractivity (Wildman–Crippen MR) is 89.6 cm³/mol. The van der Waals surface area contributed by atoms with Gasteiger partial charge in [-0.3, -0.25) is 0 Å². The van der Waals surface area contributed by atoms with Crippen molar-refractivity contribution >= 4 is 23.6 Å². The molecule has 0 aromatic heterocycles. The van der Waals surface area contributed by atoms with Crippen LogP contribution in [-0.2, 0) is 0 Å². The average Bonchev–Trinajstić information content (AvgIpc) is 2.66. The maximum absolute atomic E-state index is 14.6.